The van der Waals surface area contributed by atoms with Gasteiger partial charge in [-0.2, -0.15) is 30.7 Å². The molecule has 2 heteroatoms. The maximum Gasteiger partial charge on any atom is 3.00 e. The molecule has 0 amide bonds. The van der Waals surface area contributed by atoms with Crippen LogP contribution in [0.3, 0.4) is 0 Å². The van der Waals surface area contributed by atoms with Crippen LogP contribution >= 0.6 is 0 Å². The van der Waals surface area contributed by atoms with Gasteiger partial charge in [0.2, 0.25) is 0 Å². The first-order chi connectivity index (χ1) is 17.3. The molecular weight excluding hydrogens is 508 g/mol. The van der Waals surface area contributed by atoms with Crippen LogP contribution in [-0.4, -0.2) is 8.07 Å². The fraction of sp³-hybridized carbons (Fsp3) is 0.556. The zero-order chi connectivity index (χ0) is 25.7. The normalized spacial score (nSPS) is 32.0. The van der Waals surface area contributed by atoms with Crippen LogP contribution in [-0.2, 0) is 21.7 Å². The summed E-state index contributed by atoms with van der Waals surface area (Å²) in [4.78, 5) is 0. The van der Waals surface area contributed by atoms with E-state index in [9.17, 15) is 0 Å². The van der Waals surface area contributed by atoms with Gasteiger partial charge in [-0.1, -0.05) is 115 Å². The van der Waals surface area contributed by atoms with E-state index in [-0.39, 0.29) is 29.1 Å². The van der Waals surface area contributed by atoms with Gasteiger partial charge in [-0.3, -0.25) is 0 Å². The summed E-state index contributed by atoms with van der Waals surface area (Å²) in [6, 6.07) is 10.2. The van der Waals surface area contributed by atoms with Gasteiger partial charge < -0.3 is 14.0 Å². The van der Waals surface area contributed by atoms with Gasteiger partial charge in [-0.15, -0.1) is 5.73 Å². The van der Waals surface area contributed by atoms with Gasteiger partial charge in [-0.05, 0) is 66.8 Å². The molecule has 4 saturated carbocycles. The van der Waals surface area contributed by atoms with Crippen LogP contribution in [0, 0.1) is 55.4 Å². The van der Waals surface area contributed by atoms with Crippen molar-refractivity contribution in [3.8, 4) is 0 Å². The van der Waals surface area contributed by atoms with Crippen LogP contribution in [0.5, 0.6) is 0 Å². The van der Waals surface area contributed by atoms with Crippen LogP contribution < -0.4 is 0 Å². The quantitative estimate of drug-likeness (QED) is 0.195. The summed E-state index contributed by atoms with van der Waals surface area (Å²) in [5.74, 6) is 6.78. The van der Waals surface area contributed by atoms with Crippen molar-refractivity contribution in [3.63, 3.8) is 0 Å². The van der Waals surface area contributed by atoms with Gasteiger partial charge in [0, 0.05) is 0 Å². The Morgan fingerprint density at radius 1 is 0.895 bits per heavy atom. The third kappa shape index (κ3) is 7.81. The minimum absolute atomic E-state index is 0. The molecule has 0 saturated heterocycles. The second-order valence-electron chi connectivity index (χ2n) is 12.9. The predicted molar refractivity (Wildman–Crippen MR) is 167 cm³/mol. The van der Waals surface area contributed by atoms with Gasteiger partial charge in [0.05, 0.1) is 0 Å². The van der Waals surface area contributed by atoms with E-state index in [1.807, 2.05) is 31.2 Å². The smallest absolute Gasteiger partial charge is 0.358 e. The molecule has 6 unspecified atom stereocenters. The fourth-order valence-corrected chi connectivity index (χ4v) is 10.1. The zero-order valence-corrected chi connectivity index (χ0v) is 27.4. The van der Waals surface area contributed by atoms with E-state index in [1.165, 1.54) is 75.7 Å². The molecule has 6 atom stereocenters. The summed E-state index contributed by atoms with van der Waals surface area (Å²) in [5.41, 5.74) is 7.43. The third-order valence-electron chi connectivity index (χ3n) is 10.2. The number of rotatable bonds is 4. The number of fused-ring (bicyclic) bond motifs is 5. The average molecular weight is 562 g/mol. The molecule has 0 bridgehead atoms. The molecule has 38 heavy (non-hydrogen) atoms. The minimum Gasteiger partial charge on any atom is -0.358 e. The van der Waals surface area contributed by atoms with Crippen molar-refractivity contribution < 1.29 is 21.7 Å². The maximum atomic E-state index is 4.68. The topological polar surface area (TPSA) is 0 Å². The molecule has 0 aliphatic heterocycles. The monoisotopic (exact) mass is 561 g/mol. The van der Waals surface area contributed by atoms with Gasteiger partial charge in [0.1, 0.15) is 0 Å². The summed E-state index contributed by atoms with van der Waals surface area (Å²) in [6.45, 7) is 19.6. The van der Waals surface area contributed by atoms with E-state index >= 15 is 0 Å². The van der Waals surface area contributed by atoms with Crippen molar-refractivity contribution in [3.05, 3.63) is 92.4 Å². The SMILES string of the molecule is C=C=C1C2CCCCC2C2CC([Si]([CH2-])(C)C)CC2C2CCCCC12.C=C[C-](C)/C=C\c1ccccc1.[CH3-].[Ti+3]. The number of allylic oxidation sites excluding steroid dienone is 3. The molecular formula is C36H53SiTi. The van der Waals surface area contributed by atoms with E-state index in [0.717, 1.165) is 41.0 Å². The van der Waals surface area contributed by atoms with E-state index < -0.39 is 8.07 Å². The first-order valence-electron chi connectivity index (χ1n) is 14.8. The van der Waals surface area contributed by atoms with E-state index in [0.29, 0.717) is 0 Å². The Morgan fingerprint density at radius 3 is 1.84 bits per heavy atom. The third-order valence-corrected chi connectivity index (χ3v) is 12.9. The van der Waals surface area contributed by atoms with E-state index in [4.69, 9.17) is 0 Å². The van der Waals surface area contributed by atoms with Crippen molar-refractivity contribution >= 4 is 14.1 Å². The predicted octanol–water partition coefficient (Wildman–Crippen LogP) is 10.7. The molecule has 1 aromatic rings. The van der Waals surface area contributed by atoms with E-state index in [2.05, 4.69) is 62.8 Å². The largest absolute Gasteiger partial charge is 3.00 e. The summed E-state index contributed by atoms with van der Waals surface area (Å²) in [7, 11) is -1.25. The Hall–Kier alpha value is -0.979. The molecule has 0 spiro atoms. The molecule has 4 aliphatic carbocycles. The van der Waals surface area contributed by atoms with Gasteiger partial charge in [0.15, 0.2) is 0 Å². The molecule has 4 fully saturated rings. The molecule has 5 rings (SSSR count). The molecule has 4 aliphatic rings. The maximum absolute atomic E-state index is 4.68. The molecule has 205 valence electrons. The Morgan fingerprint density at radius 2 is 1.39 bits per heavy atom. The number of benzene rings is 1. The van der Waals surface area contributed by atoms with Crippen LogP contribution in [0.15, 0.2) is 66.9 Å². The summed E-state index contributed by atoms with van der Waals surface area (Å²) in [6.07, 6.45) is 20.7. The first-order valence-corrected chi connectivity index (χ1v) is 18.1. The van der Waals surface area contributed by atoms with Crippen molar-refractivity contribution in [1.29, 1.82) is 0 Å². The van der Waals surface area contributed by atoms with Crippen LogP contribution in [0.4, 0.5) is 0 Å². The van der Waals surface area contributed by atoms with Crippen molar-refractivity contribution in [2.24, 2.45) is 35.5 Å². The second kappa shape index (κ2) is 15.1. The molecule has 0 aromatic heterocycles. The first kappa shape index (κ1) is 33.2. The summed E-state index contributed by atoms with van der Waals surface area (Å²) < 4.78 is 0. The second-order valence-corrected chi connectivity index (χ2v) is 17.7. The molecule has 0 heterocycles. The van der Waals surface area contributed by atoms with Gasteiger partial charge in [-0.25, -0.2) is 0 Å². The van der Waals surface area contributed by atoms with Crippen LogP contribution in [0.2, 0.25) is 18.6 Å². The van der Waals surface area contributed by atoms with Crippen LogP contribution in [0.1, 0.15) is 76.7 Å². The fourth-order valence-electron chi connectivity index (χ4n) is 8.24. The minimum atomic E-state index is -1.25. The standard InChI is InChI=1S/C23H37Si.C12H13.CH3.Ti/c1-5-17-18-10-6-8-12-20(18)22-14-16(24(2,3)4)15-23(22)21-13-9-7-11-19(17)21;1-3-11(2)9-10-12-7-5-4-6-8-12;;/h16,18-23H,1-2,6-15H2,3-4H3;3-10H,1H2,2H3;1H3;/q3*-1;+3/b;10-9-;;. The van der Waals surface area contributed by atoms with Crippen molar-refractivity contribution in [2.75, 3.05) is 0 Å². The van der Waals surface area contributed by atoms with E-state index in [1.54, 1.807) is 5.57 Å². The molecule has 1 aromatic carbocycles. The van der Waals surface area contributed by atoms with Crippen molar-refractivity contribution in [2.45, 2.75) is 89.8 Å². The average Bonchev–Trinajstić information content (AvgIpc) is 3.31. The van der Waals surface area contributed by atoms with Gasteiger partial charge >= 0.3 is 21.7 Å². The van der Waals surface area contributed by atoms with Crippen LogP contribution in [0.25, 0.3) is 6.08 Å². The number of hydrogen-bond acceptors (Lipinski definition) is 0. The zero-order valence-electron chi connectivity index (χ0n) is 24.9. The van der Waals surface area contributed by atoms with Crippen molar-refractivity contribution in [1.82, 2.24) is 0 Å². The Balaban J connectivity index is 0.000000311. The molecule has 0 nitrogen and oxygen atoms in total. The molecule has 1 radical (unpaired) electrons. The van der Waals surface area contributed by atoms with Gasteiger partial charge in [0.25, 0.3) is 0 Å². The summed E-state index contributed by atoms with van der Waals surface area (Å²) in [5, 5.41) is 0. The Kier molecular flexibility index (Phi) is 13.2. The Bertz CT molecular complexity index is 900. The number of hydrogen-bond donors (Lipinski definition) is 0. The summed E-state index contributed by atoms with van der Waals surface area (Å²) >= 11 is 0. The molecule has 0 N–H and O–H groups in total. The Labute approximate surface area is 252 Å².